The maximum atomic E-state index is 12.0. The zero-order chi connectivity index (χ0) is 15.5. The van der Waals surface area contributed by atoms with E-state index in [0.29, 0.717) is 18.1 Å². The summed E-state index contributed by atoms with van der Waals surface area (Å²) < 4.78 is 0. The van der Waals surface area contributed by atoms with Crippen molar-refractivity contribution in [3.63, 3.8) is 0 Å². The van der Waals surface area contributed by atoms with E-state index in [9.17, 15) is 9.59 Å². The van der Waals surface area contributed by atoms with Gasteiger partial charge in [-0.25, -0.2) is 9.78 Å². The minimum atomic E-state index is -0.305. The maximum absolute atomic E-state index is 12.0. The van der Waals surface area contributed by atoms with Crippen LogP contribution in [0.5, 0.6) is 0 Å². The second kappa shape index (κ2) is 6.15. The third kappa shape index (κ3) is 3.09. The summed E-state index contributed by atoms with van der Waals surface area (Å²) in [7, 11) is 0. The number of fused-ring (bicyclic) bond motifs is 1. The van der Waals surface area contributed by atoms with E-state index in [2.05, 4.69) is 20.9 Å². The Labute approximate surface area is 132 Å². The van der Waals surface area contributed by atoms with Crippen LogP contribution in [0.15, 0.2) is 30.5 Å². The van der Waals surface area contributed by atoms with Gasteiger partial charge in [0.2, 0.25) is 5.91 Å². The first kappa shape index (κ1) is 14.5. The Morgan fingerprint density at radius 1 is 1.41 bits per heavy atom. The van der Waals surface area contributed by atoms with Gasteiger partial charge in [-0.2, -0.15) is 0 Å². The summed E-state index contributed by atoms with van der Waals surface area (Å²) in [6.45, 7) is 2.35. The van der Waals surface area contributed by atoms with Gasteiger partial charge in [0.05, 0.1) is 5.92 Å². The van der Waals surface area contributed by atoms with Crippen LogP contribution in [0, 0.1) is 6.92 Å². The lowest BCUT2D eigenvalue weighted by molar-refractivity contribution is -0.117. The van der Waals surface area contributed by atoms with Gasteiger partial charge < -0.3 is 10.6 Å². The fourth-order valence-corrected chi connectivity index (χ4v) is 3.11. The summed E-state index contributed by atoms with van der Waals surface area (Å²) in [4.78, 5) is 28.8. The Bertz CT molecular complexity index is 713. The van der Waals surface area contributed by atoms with Crippen LogP contribution in [0.1, 0.15) is 22.8 Å². The van der Waals surface area contributed by atoms with Crippen LogP contribution in [0.2, 0.25) is 0 Å². The highest BCUT2D eigenvalue weighted by Gasteiger charge is 2.29. The Kier molecular flexibility index (Phi) is 4.06. The molecule has 6 nitrogen and oxygen atoms in total. The number of hydrogen-bond donors (Lipinski definition) is 3. The average Bonchev–Trinajstić information content (AvgIpc) is 3.03. The third-order valence-electron chi connectivity index (χ3n) is 3.47. The molecule has 7 heteroatoms. The number of nitrogens with one attached hydrogen (secondary N) is 3. The standard InChI is InChI=1S/C15H16N4O2S/c1-9-8-17-15(22-9)19-14(21)16-7-6-11-10-4-2-3-5-12(10)18-13(11)20/h2-5,8,11H,6-7H2,1H3,(H,18,20)(H2,16,17,19,21)/t11-/m1/s1. The maximum Gasteiger partial charge on any atom is 0.321 e. The minimum Gasteiger partial charge on any atom is -0.338 e. The fraction of sp³-hybridized carbons (Fsp3) is 0.267. The van der Waals surface area contributed by atoms with Crippen LogP contribution >= 0.6 is 11.3 Å². The van der Waals surface area contributed by atoms with Crippen LogP contribution < -0.4 is 16.0 Å². The smallest absolute Gasteiger partial charge is 0.321 e. The van der Waals surface area contributed by atoms with E-state index < -0.39 is 0 Å². The predicted molar refractivity (Wildman–Crippen MR) is 86.3 cm³/mol. The number of amides is 3. The third-order valence-corrected chi connectivity index (χ3v) is 4.30. The Balaban J connectivity index is 1.51. The number of carbonyl (C=O) groups is 2. The molecule has 0 aliphatic carbocycles. The van der Waals surface area contributed by atoms with E-state index >= 15 is 0 Å². The zero-order valence-corrected chi connectivity index (χ0v) is 12.9. The summed E-state index contributed by atoms with van der Waals surface area (Å²) in [6, 6.07) is 7.33. The molecule has 0 saturated heterocycles. The first-order valence-corrected chi connectivity index (χ1v) is 7.82. The van der Waals surface area contributed by atoms with Crippen molar-refractivity contribution in [3.05, 3.63) is 40.9 Å². The molecule has 1 aromatic heterocycles. The first-order chi connectivity index (χ1) is 10.6. The summed E-state index contributed by atoms with van der Waals surface area (Å²) in [5, 5.41) is 8.85. The summed E-state index contributed by atoms with van der Waals surface area (Å²) in [5.41, 5.74) is 1.85. The van der Waals surface area contributed by atoms with Crippen molar-refractivity contribution in [2.24, 2.45) is 0 Å². The summed E-state index contributed by atoms with van der Waals surface area (Å²) in [6.07, 6.45) is 2.27. The second-order valence-electron chi connectivity index (χ2n) is 5.07. The van der Waals surface area contributed by atoms with Gasteiger partial charge >= 0.3 is 6.03 Å². The van der Waals surface area contributed by atoms with Gasteiger partial charge in [-0.15, -0.1) is 11.3 Å². The van der Waals surface area contributed by atoms with Crippen LogP contribution in [0.25, 0.3) is 0 Å². The number of nitrogens with zero attached hydrogens (tertiary/aromatic N) is 1. The van der Waals surface area contributed by atoms with Gasteiger partial charge in [-0.1, -0.05) is 18.2 Å². The van der Waals surface area contributed by atoms with Gasteiger partial charge in [0.1, 0.15) is 0 Å². The highest BCUT2D eigenvalue weighted by atomic mass is 32.1. The van der Waals surface area contributed by atoms with E-state index in [1.165, 1.54) is 11.3 Å². The number of aromatic nitrogens is 1. The van der Waals surface area contributed by atoms with Gasteiger partial charge in [-0.05, 0) is 25.0 Å². The quantitative estimate of drug-likeness (QED) is 0.811. The van der Waals surface area contributed by atoms with Crippen molar-refractivity contribution in [1.82, 2.24) is 10.3 Å². The number of rotatable bonds is 4. The Morgan fingerprint density at radius 2 is 2.23 bits per heavy atom. The van der Waals surface area contributed by atoms with Crippen molar-refractivity contribution in [1.29, 1.82) is 0 Å². The largest absolute Gasteiger partial charge is 0.338 e. The van der Waals surface area contributed by atoms with Crippen molar-refractivity contribution < 1.29 is 9.59 Å². The molecule has 0 bridgehead atoms. The highest BCUT2D eigenvalue weighted by Crippen LogP contribution is 2.33. The number of anilines is 2. The molecule has 0 unspecified atom stereocenters. The predicted octanol–water partition coefficient (Wildman–Crippen LogP) is 2.70. The minimum absolute atomic E-state index is 0.0149. The molecule has 2 heterocycles. The van der Waals surface area contributed by atoms with E-state index in [1.807, 2.05) is 31.2 Å². The lowest BCUT2D eigenvalue weighted by Crippen LogP contribution is -2.31. The van der Waals surface area contributed by atoms with E-state index in [1.54, 1.807) is 6.20 Å². The molecule has 1 atom stereocenters. The summed E-state index contributed by atoms with van der Waals surface area (Å²) >= 11 is 1.42. The monoisotopic (exact) mass is 316 g/mol. The SMILES string of the molecule is Cc1cnc(NC(=O)NCC[C@H]2C(=O)Nc3ccccc32)s1. The zero-order valence-electron chi connectivity index (χ0n) is 12.1. The number of benzene rings is 1. The lowest BCUT2D eigenvalue weighted by Gasteiger charge is -2.10. The molecule has 22 heavy (non-hydrogen) atoms. The molecule has 3 amide bonds. The van der Waals surface area contributed by atoms with Gasteiger partial charge in [0.25, 0.3) is 0 Å². The molecule has 3 N–H and O–H groups in total. The number of para-hydroxylation sites is 1. The molecule has 1 aliphatic heterocycles. The van der Waals surface area contributed by atoms with E-state index in [-0.39, 0.29) is 17.9 Å². The van der Waals surface area contributed by atoms with Gasteiger partial charge in [0, 0.05) is 23.3 Å². The molecule has 0 spiro atoms. The van der Waals surface area contributed by atoms with Crippen molar-refractivity contribution in [3.8, 4) is 0 Å². The van der Waals surface area contributed by atoms with Crippen LogP contribution in [0.3, 0.4) is 0 Å². The van der Waals surface area contributed by atoms with Crippen LogP contribution in [-0.4, -0.2) is 23.5 Å². The van der Waals surface area contributed by atoms with Crippen LogP contribution in [-0.2, 0) is 4.79 Å². The van der Waals surface area contributed by atoms with Gasteiger partial charge in [-0.3, -0.25) is 10.1 Å². The number of aryl methyl sites for hydroxylation is 1. The van der Waals surface area contributed by atoms with E-state index in [4.69, 9.17) is 0 Å². The van der Waals surface area contributed by atoms with Crippen molar-refractivity contribution in [2.45, 2.75) is 19.3 Å². The molecular weight excluding hydrogens is 300 g/mol. The first-order valence-electron chi connectivity index (χ1n) is 7.00. The molecule has 0 saturated carbocycles. The van der Waals surface area contributed by atoms with E-state index in [0.717, 1.165) is 16.1 Å². The molecule has 1 aliphatic rings. The molecular formula is C15H16N4O2S. The normalized spacial score (nSPS) is 16.0. The molecule has 114 valence electrons. The Morgan fingerprint density at radius 3 is 3.00 bits per heavy atom. The average molecular weight is 316 g/mol. The Hall–Kier alpha value is -2.41. The van der Waals surface area contributed by atoms with Gasteiger partial charge in [0.15, 0.2) is 5.13 Å². The molecule has 2 aromatic rings. The number of hydrogen-bond acceptors (Lipinski definition) is 4. The number of thiazole rings is 1. The second-order valence-corrected chi connectivity index (χ2v) is 6.31. The number of urea groups is 1. The lowest BCUT2D eigenvalue weighted by atomic mass is 9.97. The van der Waals surface area contributed by atoms with Crippen molar-refractivity contribution in [2.75, 3.05) is 17.2 Å². The number of carbonyl (C=O) groups excluding carboxylic acids is 2. The molecule has 0 radical (unpaired) electrons. The van der Waals surface area contributed by atoms with Crippen LogP contribution in [0.4, 0.5) is 15.6 Å². The topological polar surface area (TPSA) is 83.1 Å². The molecule has 0 fully saturated rings. The molecule has 1 aromatic carbocycles. The molecule has 3 rings (SSSR count). The highest BCUT2D eigenvalue weighted by molar-refractivity contribution is 7.15. The fourth-order valence-electron chi connectivity index (χ4n) is 2.45. The summed E-state index contributed by atoms with van der Waals surface area (Å²) in [5.74, 6) is -0.224. The van der Waals surface area contributed by atoms with Crippen molar-refractivity contribution >= 4 is 34.1 Å².